The first kappa shape index (κ1) is 14.7. The fraction of sp³-hybridized carbons (Fsp3) is 0. The van der Waals surface area contributed by atoms with Crippen LogP contribution in [0.1, 0.15) is 20.7 Å². The minimum Gasteiger partial charge on any atom is -0.507 e. The first-order chi connectivity index (χ1) is 9.91. The van der Waals surface area contributed by atoms with E-state index in [4.69, 9.17) is 16.7 Å². The molecule has 7 heteroatoms. The molecular formula is C14H10ClNO5. The van der Waals surface area contributed by atoms with E-state index in [0.29, 0.717) is 0 Å². The van der Waals surface area contributed by atoms with Gasteiger partial charge in [0.2, 0.25) is 0 Å². The third-order valence-corrected chi connectivity index (χ3v) is 3.04. The van der Waals surface area contributed by atoms with Gasteiger partial charge in [-0.1, -0.05) is 23.7 Å². The lowest BCUT2D eigenvalue weighted by atomic mass is 10.1. The quantitative estimate of drug-likeness (QED) is 0.697. The lowest BCUT2D eigenvalue weighted by Crippen LogP contribution is -2.15. The maximum Gasteiger partial charge on any atom is 0.339 e. The molecular weight excluding hydrogens is 298 g/mol. The Morgan fingerprint density at radius 1 is 0.952 bits per heavy atom. The molecule has 0 aliphatic carbocycles. The van der Waals surface area contributed by atoms with Crippen LogP contribution < -0.4 is 5.32 Å². The predicted octanol–water partition coefficient (Wildman–Crippen LogP) is 2.70. The van der Waals surface area contributed by atoms with Crippen LogP contribution in [0.2, 0.25) is 5.02 Å². The number of amides is 1. The maximum atomic E-state index is 12.1. The average molecular weight is 308 g/mol. The molecule has 2 rings (SSSR count). The number of hydrogen-bond donors (Lipinski definition) is 4. The summed E-state index contributed by atoms with van der Waals surface area (Å²) in [6.07, 6.45) is 0. The van der Waals surface area contributed by atoms with Gasteiger partial charge in [-0.05, 0) is 24.3 Å². The van der Waals surface area contributed by atoms with E-state index in [1.807, 2.05) is 0 Å². The second-order valence-electron chi connectivity index (χ2n) is 4.09. The number of carboxylic acid groups (broad SMARTS) is 1. The van der Waals surface area contributed by atoms with Crippen LogP contribution in [-0.2, 0) is 0 Å². The molecule has 4 N–H and O–H groups in total. The smallest absolute Gasteiger partial charge is 0.339 e. The molecule has 0 unspecified atom stereocenters. The van der Waals surface area contributed by atoms with Crippen molar-refractivity contribution in [1.82, 2.24) is 0 Å². The minimum atomic E-state index is -1.31. The minimum absolute atomic E-state index is 0.0392. The molecule has 0 aromatic heterocycles. The molecule has 0 fully saturated rings. The van der Waals surface area contributed by atoms with Crippen molar-refractivity contribution < 1.29 is 24.9 Å². The number of rotatable bonds is 3. The highest BCUT2D eigenvalue weighted by Crippen LogP contribution is 2.29. The van der Waals surface area contributed by atoms with Crippen molar-refractivity contribution in [2.24, 2.45) is 0 Å². The van der Waals surface area contributed by atoms with Crippen molar-refractivity contribution >= 4 is 29.2 Å². The first-order valence-electron chi connectivity index (χ1n) is 5.76. The van der Waals surface area contributed by atoms with Gasteiger partial charge < -0.3 is 20.6 Å². The predicted molar refractivity (Wildman–Crippen MR) is 76.1 cm³/mol. The first-order valence-corrected chi connectivity index (χ1v) is 6.13. The van der Waals surface area contributed by atoms with Gasteiger partial charge in [-0.15, -0.1) is 0 Å². The van der Waals surface area contributed by atoms with Crippen molar-refractivity contribution in [3.05, 3.63) is 52.5 Å². The van der Waals surface area contributed by atoms with E-state index in [2.05, 4.69) is 5.32 Å². The number of carbonyl (C=O) groups is 2. The lowest BCUT2D eigenvalue weighted by molar-refractivity contribution is 0.0698. The molecule has 0 aliphatic heterocycles. The zero-order valence-corrected chi connectivity index (χ0v) is 11.3. The molecule has 1 amide bonds. The topological polar surface area (TPSA) is 107 Å². The molecule has 21 heavy (non-hydrogen) atoms. The van der Waals surface area contributed by atoms with Crippen LogP contribution in [0.15, 0.2) is 36.4 Å². The molecule has 2 aromatic rings. The molecule has 0 heterocycles. The van der Waals surface area contributed by atoms with E-state index in [0.717, 1.165) is 0 Å². The van der Waals surface area contributed by atoms with Gasteiger partial charge >= 0.3 is 5.97 Å². The number of anilines is 1. The molecule has 6 nitrogen and oxygen atoms in total. The third kappa shape index (κ3) is 2.90. The van der Waals surface area contributed by atoms with Crippen LogP contribution in [0.25, 0.3) is 0 Å². The zero-order chi connectivity index (χ0) is 15.6. The molecule has 108 valence electrons. The Bertz CT molecular complexity index is 709. The van der Waals surface area contributed by atoms with Gasteiger partial charge in [0, 0.05) is 0 Å². The fourth-order valence-corrected chi connectivity index (χ4v) is 2.05. The summed E-state index contributed by atoms with van der Waals surface area (Å²) >= 11 is 5.79. The molecule has 0 bridgehead atoms. The molecule has 0 spiro atoms. The van der Waals surface area contributed by atoms with Crippen LogP contribution in [-0.4, -0.2) is 27.2 Å². The highest BCUT2D eigenvalue weighted by Gasteiger charge is 2.20. The summed E-state index contributed by atoms with van der Waals surface area (Å²) in [5.74, 6) is -3.01. The van der Waals surface area contributed by atoms with Crippen LogP contribution in [0.3, 0.4) is 0 Å². The van der Waals surface area contributed by atoms with Gasteiger partial charge in [-0.25, -0.2) is 4.79 Å². The summed E-state index contributed by atoms with van der Waals surface area (Å²) in [5, 5.41) is 30.6. The molecule has 0 atom stereocenters. The molecule has 0 aliphatic rings. The lowest BCUT2D eigenvalue weighted by Gasteiger charge is -2.11. The van der Waals surface area contributed by atoms with E-state index in [1.54, 1.807) is 0 Å². The van der Waals surface area contributed by atoms with Crippen LogP contribution in [0, 0.1) is 0 Å². The SMILES string of the molecule is O=C(Nc1cccc(Cl)c1C(=O)O)c1c(O)cccc1O. The standard InChI is InChI=1S/C14H10ClNO5/c15-7-3-1-4-8(11(7)14(20)21)16-13(19)12-9(17)5-2-6-10(12)18/h1-6,17-18H,(H,16,19)(H,20,21). The Morgan fingerprint density at radius 3 is 2.10 bits per heavy atom. The monoisotopic (exact) mass is 307 g/mol. The van der Waals surface area contributed by atoms with E-state index in [-0.39, 0.29) is 21.8 Å². The number of halogens is 1. The Morgan fingerprint density at radius 2 is 1.52 bits per heavy atom. The average Bonchev–Trinajstić information content (AvgIpc) is 2.37. The molecule has 0 saturated carbocycles. The van der Waals surface area contributed by atoms with Gasteiger partial charge in [0.15, 0.2) is 0 Å². The normalized spacial score (nSPS) is 10.1. The van der Waals surface area contributed by atoms with Gasteiger partial charge in [-0.2, -0.15) is 0 Å². The number of phenols is 2. The molecule has 0 saturated heterocycles. The van der Waals surface area contributed by atoms with E-state index >= 15 is 0 Å². The second kappa shape index (κ2) is 5.72. The number of phenolic OH excluding ortho intramolecular Hbond substituents is 2. The van der Waals surface area contributed by atoms with Crippen molar-refractivity contribution in [3.8, 4) is 11.5 Å². The van der Waals surface area contributed by atoms with Crippen LogP contribution in [0.5, 0.6) is 11.5 Å². The second-order valence-corrected chi connectivity index (χ2v) is 4.50. The largest absolute Gasteiger partial charge is 0.507 e. The maximum absolute atomic E-state index is 12.1. The number of hydrogen-bond acceptors (Lipinski definition) is 4. The van der Waals surface area contributed by atoms with E-state index in [1.165, 1.54) is 36.4 Å². The van der Waals surface area contributed by atoms with Gasteiger partial charge in [0.05, 0.1) is 10.7 Å². The van der Waals surface area contributed by atoms with E-state index in [9.17, 15) is 19.8 Å². The van der Waals surface area contributed by atoms with Crippen LogP contribution in [0.4, 0.5) is 5.69 Å². The van der Waals surface area contributed by atoms with Crippen LogP contribution >= 0.6 is 11.6 Å². The zero-order valence-electron chi connectivity index (χ0n) is 10.5. The van der Waals surface area contributed by atoms with Gasteiger partial charge in [0.25, 0.3) is 5.91 Å². The number of aromatic hydroxyl groups is 2. The highest BCUT2D eigenvalue weighted by molar-refractivity contribution is 6.34. The summed E-state index contributed by atoms with van der Waals surface area (Å²) in [6.45, 7) is 0. The summed E-state index contributed by atoms with van der Waals surface area (Å²) in [5.41, 5.74) is -0.668. The van der Waals surface area contributed by atoms with Crippen molar-refractivity contribution in [2.45, 2.75) is 0 Å². The van der Waals surface area contributed by atoms with Crippen molar-refractivity contribution in [3.63, 3.8) is 0 Å². The summed E-state index contributed by atoms with van der Waals surface area (Å²) in [4.78, 5) is 23.2. The van der Waals surface area contributed by atoms with Crippen molar-refractivity contribution in [2.75, 3.05) is 5.32 Å². The Kier molecular flexibility index (Phi) is 4.00. The number of aromatic carboxylic acids is 1. The van der Waals surface area contributed by atoms with Crippen molar-refractivity contribution in [1.29, 1.82) is 0 Å². The van der Waals surface area contributed by atoms with E-state index < -0.39 is 23.4 Å². The summed E-state index contributed by atoms with van der Waals surface area (Å²) in [7, 11) is 0. The fourth-order valence-electron chi connectivity index (χ4n) is 1.79. The third-order valence-electron chi connectivity index (χ3n) is 2.72. The summed E-state index contributed by atoms with van der Waals surface area (Å²) in [6, 6.07) is 8.01. The highest BCUT2D eigenvalue weighted by atomic mass is 35.5. The summed E-state index contributed by atoms with van der Waals surface area (Å²) < 4.78 is 0. The van der Waals surface area contributed by atoms with Gasteiger partial charge in [0.1, 0.15) is 22.6 Å². The number of nitrogens with one attached hydrogen (secondary N) is 1. The Balaban J connectivity index is 2.42. The Labute approximate surface area is 124 Å². The Hall–Kier alpha value is -2.73. The van der Waals surface area contributed by atoms with Gasteiger partial charge in [-0.3, -0.25) is 4.79 Å². The molecule has 2 aromatic carbocycles. The number of benzene rings is 2. The number of carboxylic acids is 1. The number of carbonyl (C=O) groups excluding carboxylic acids is 1. The molecule has 0 radical (unpaired) electrons.